The fourth-order valence-corrected chi connectivity index (χ4v) is 4.91. The number of aliphatic hydroxyl groups is 1. The predicted octanol–water partition coefficient (Wildman–Crippen LogP) is 2.81. The summed E-state index contributed by atoms with van der Waals surface area (Å²) in [7, 11) is 3.21. The topological polar surface area (TPSA) is 101 Å². The molecule has 2 saturated heterocycles. The van der Waals surface area contributed by atoms with Crippen LogP contribution in [0.4, 0.5) is 4.79 Å². The first-order chi connectivity index (χ1) is 17.5. The molecule has 0 spiro atoms. The van der Waals surface area contributed by atoms with Gasteiger partial charge in [-0.2, -0.15) is 0 Å². The number of carbonyl (C=O) groups is 2. The van der Waals surface area contributed by atoms with Gasteiger partial charge in [-0.25, -0.2) is 4.79 Å². The number of carbonyl (C=O) groups excluding carboxylic acids is 2. The van der Waals surface area contributed by atoms with Gasteiger partial charge in [0, 0.05) is 19.6 Å². The lowest BCUT2D eigenvalue weighted by molar-refractivity contribution is -0.138. The van der Waals surface area contributed by atoms with Gasteiger partial charge in [-0.05, 0) is 67.6 Å². The molecule has 9 heteroatoms. The summed E-state index contributed by atoms with van der Waals surface area (Å²) in [5, 5.41) is 13.8. The molecule has 36 heavy (non-hydrogen) atoms. The number of nitrogens with zero attached hydrogens (tertiary/aromatic N) is 2. The van der Waals surface area contributed by atoms with Crippen LogP contribution in [-0.2, 0) is 11.3 Å². The minimum atomic E-state index is -0.822. The summed E-state index contributed by atoms with van der Waals surface area (Å²) in [5.74, 6) is 2.01. The summed E-state index contributed by atoms with van der Waals surface area (Å²) in [4.78, 5) is 29.8. The number of benzene rings is 2. The van der Waals surface area contributed by atoms with Crippen molar-refractivity contribution in [2.24, 2.45) is 0 Å². The van der Waals surface area contributed by atoms with Crippen molar-refractivity contribution in [1.29, 1.82) is 0 Å². The maximum atomic E-state index is 13.5. The zero-order chi connectivity index (χ0) is 25.5. The molecule has 194 valence electrons. The molecule has 2 aromatic rings. The van der Waals surface area contributed by atoms with Gasteiger partial charge in [-0.1, -0.05) is 12.1 Å². The van der Waals surface area contributed by atoms with Crippen LogP contribution in [-0.4, -0.2) is 78.9 Å². The monoisotopic (exact) mass is 497 g/mol. The third-order valence-electron chi connectivity index (χ3n) is 6.91. The smallest absolute Gasteiger partial charge is 0.318 e. The lowest BCUT2D eigenvalue weighted by atomic mass is 10.1. The number of hydrogen-bond acceptors (Lipinski definition) is 6. The third-order valence-corrected chi connectivity index (χ3v) is 6.91. The Hall–Kier alpha value is -3.46. The summed E-state index contributed by atoms with van der Waals surface area (Å²) >= 11 is 0. The van der Waals surface area contributed by atoms with Gasteiger partial charge in [0.05, 0.1) is 20.3 Å². The summed E-state index contributed by atoms with van der Waals surface area (Å²) in [5.41, 5.74) is 0.950. The van der Waals surface area contributed by atoms with Gasteiger partial charge in [-0.3, -0.25) is 4.79 Å². The van der Waals surface area contributed by atoms with Crippen LogP contribution in [0.5, 0.6) is 17.2 Å². The minimum Gasteiger partial charge on any atom is -0.497 e. The van der Waals surface area contributed by atoms with Crippen molar-refractivity contribution in [3.05, 3.63) is 54.1 Å². The number of urea groups is 1. The van der Waals surface area contributed by atoms with E-state index in [9.17, 15) is 14.7 Å². The maximum absolute atomic E-state index is 13.5. The van der Waals surface area contributed by atoms with E-state index >= 15 is 0 Å². The number of nitrogens with one attached hydrogen (secondary N) is 1. The van der Waals surface area contributed by atoms with E-state index in [0.29, 0.717) is 38.2 Å². The molecule has 0 aliphatic carbocycles. The second-order valence-corrected chi connectivity index (χ2v) is 9.15. The lowest BCUT2D eigenvalue weighted by Gasteiger charge is -2.33. The highest BCUT2D eigenvalue weighted by Gasteiger charge is 2.42. The van der Waals surface area contributed by atoms with Gasteiger partial charge in [-0.15, -0.1) is 0 Å². The number of methoxy groups -OCH3 is 2. The Labute approximate surface area is 211 Å². The van der Waals surface area contributed by atoms with E-state index < -0.39 is 12.1 Å². The summed E-state index contributed by atoms with van der Waals surface area (Å²) in [6, 6.07) is 13.5. The quantitative estimate of drug-likeness (QED) is 0.553. The molecule has 2 aliphatic rings. The van der Waals surface area contributed by atoms with Gasteiger partial charge in [0.1, 0.15) is 36.0 Å². The van der Waals surface area contributed by atoms with E-state index in [1.807, 2.05) is 24.3 Å². The van der Waals surface area contributed by atoms with E-state index in [4.69, 9.17) is 14.2 Å². The van der Waals surface area contributed by atoms with Crippen LogP contribution in [0.2, 0.25) is 0 Å². The molecule has 0 saturated carbocycles. The number of rotatable bonds is 9. The molecule has 0 aromatic heterocycles. The summed E-state index contributed by atoms with van der Waals surface area (Å²) < 4.78 is 16.1. The first-order valence-corrected chi connectivity index (χ1v) is 12.4. The van der Waals surface area contributed by atoms with E-state index in [2.05, 4.69) is 5.32 Å². The average Bonchev–Trinajstić information content (AvgIpc) is 3.61. The highest BCUT2D eigenvalue weighted by Crippen LogP contribution is 2.27. The Balaban J connectivity index is 1.32. The maximum Gasteiger partial charge on any atom is 0.318 e. The van der Waals surface area contributed by atoms with Crippen LogP contribution in [0.3, 0.4) is 0 Å². The van der Waals surface area contributed by atoms with Crippen molar-refractivity contribution in [1.82, 2.24) is 15.1 Å². The fourth-order valence-electron chi connectivity index (χ4n) is 4.91. The van der Waals surface area contributed by atoms with Crippen molar-refractivity contribution in [2.75, 3.05) is 33.9 Å². The molecule has 1 unspecified atom stereocenters. The summed E-state index contributed by atoms with van der Waals surface area (Å²) in [6.45, 7) is 1.55. The largest absolute Gasteiger partial charge is 0.497 e. The number of amides is 3. The van der Waals surface area contributed by atoms with Crippen molar-refractivity contribution in [3.8, 4) is 17.2 Å². The molecular formula is C27H35N3O6. The Morgan fingerprint density at radius 2 is 1.50 bits per heavy atom. The van der Waals surface area contributed by atoms with Crippen molar-refractivity contribution in [2.45, 2.75) is 50.4 Å². The van der Waals surface area contributed by atoms with E-state index in [1.165, 1.54) is 0 Å². The number of likely N-dealkylation sites (tertiary alicyclic amines) is 2. The molecule has 2 N–H and O–H groups in total. The van der Waals surface area contributed by atoms with Crippen molar-refractivity contribution in [3.63, 3.8) is 0 Å². The number of ether oxygens (including phenoxy) is 3. The summed E-state index contributed by atoms with van der Waals surface area (Å²) in [6.07, 6.45) is 2.09. The molecule has 0 radical (unpaired) electrons. The normalized spacial score (nSPS) is 20.2. The third kappa shape index (κ3) is 6.02. The Bertz CT molecular complexity index is 1010. The van der Waals surface area contributed by atoms with E-state index in [-0.39, 0.29) is 24.6 Å². The highest BCUT2D eigenvalue weighted by atomic mass is 16.5. The number of hydrogen-bond donors (Lipinski definition) is 2. The second kappa shape index (κ2) is 12.0. The van der Waals surface area contributed by atoms with Crippen LogP contribution in [0, 0.1) is 0 Å². The molecule has 3 atom stereocenters. The van der Waals surface area contributed by atoms with Gasteiger partial charge in [0.2, 0.25) is 5.91 Å². The predicted molar refractivity (Wildman–Crippen MR) is 134 cm³/mol. The second-order valence-electron chi connectivity index (χ2n) is 9.15. The first kappa shape index (κ1) is 25.6. The van der Waals surface area contributed by atoms with Crippen LogP contribution >= 0.6 is 0 Å². The van der Waals surface area contributed by atoms with E-state index in [1.54, 1.807) is 48.3 Å². The highest BCUT2D eigenvalue weighted by molar-refractivity contribution is 5.88. The Morgan fingerprint density at radius 3 is 2.17 bits per heavy atom. The zero-order valence-electron chi connectivity index (χ0n) is 20.9. The van der Waals surface area contributed by atoms with Gasteiger partial charge in [0.15, 0.2) is 0 Å². The van der Waals surface area contributed by atoms with Gasteiger partial charge < -0.3 is 34.4 Å². The SMILES string of the molecule is COc1ccc(CNC(=O)N2CCC[C@H]2C(=O)N2CCC[C@H]2C(O)COc2ccc(OC)cc2)cc1. The molecular weight excluding hydrogens is 462 g/mol. The van der Waals surface area contributed by atoms with E-state index in [0.717, 1.165) is 29.9 Å². The number of aliphatic hydroxyl groups excluding tert-OH is 1. The molecule has 2 heterocycles. The van der Waals surface area contributed by atoms with Crippen molar-refractivity contribution < 1.29 is 28.9 Å². The molecule has 3 amide bonds. The standard InChI is InChI=1S/C27H35N3O6/c1-34-20-9-7-19(8-10-20)17-28-27(33)30-16-4-6-24(30)26(32)29-15-3-5-23(29)25(31)18-36-22-13-11-21(35-2)12-14-22/h7-14,23-25,31H,3-6,15-18H2,1-2H3,(H,28,33)/t23-,24-,25?/m0/s1. The zero-order valence-corrected chi connectivity index (χ0v) is 20.9. The fraction of sp³-hybridized carbons (Fsp3) is 0.481. The van der Waals surface area contributed by atoms with Gasteiger partial charge in [0.25, 0.3) is 0 Å². The minimum absolute atomic E-state index is 0.0809. The van der Waals surface area contributed by atoms with Crippen LogP contribution in [0.25, 0.3) is 0 Å². The molecule has 2 aliphatic heterocycles. The molecule has 2 fully saturated rings. The van der Waals surface area contributed by atoms with Crippen LogP contribution < -0.4 is 19.5 Å². The van der Waals surface area contributed by atoms with Crippen LogP contribution in [0.1, 0.15) is 31.2 Å². The molecule has 4 rings (SSSR count). The molecule has 0 bridgehead atoms. The lowest BCUT2D eigenvalue weighted by Crippen LogP contribution is -2.54. The Kier molecular flexibility index (Phi) is 8.53. The Morgan fingerprint density at radius 1 is 0.917 bits per heavy atom. The van der Waals surface area contributed by atoms with Crippen molar-refractivity contribution >= 4 is 11.9 Å². The van der Waals surface area contributed by atoms with Crippen LogP contribution in [0.15, 0.2) is 48.5 Å². The first-order valence-electron chi connectivity index (χ1n) is 12.4. The molecule has 2 aromatic carbocycles. The molecule has 9 nitrogen and oxygen atoms in total. The van der Waals surface area contributed by atoms with Gasteiger partial charge >= 0.3 is 6.03 Å². The average molecular weight is 498 g/mol.